The highest BCUT2D eigenvalue weighted by molar-refractivity contribution is 6.35. The fraction of sp³-hybridized carbons (Fsp3) is 0.923. The molecule has 0 heterocycles. The Hall–Kier alpha value is -3.40. The van der Waals surface area contributed by atoms with E-state index in [1.807, 2.05) is 0 Å². The molecule has 0 aliphatic rings. The van der Waals surface area contributed by atoms with Gasteiger partial charge < -0.3 is 25.2 Å². The lowest BCUT2D eigenvalue weighted by atomic mass is 9.87. The van der Waals surface area contributed by atoms with Crippen LogP contribution in [0.1, 0.15) is 19.3 Å². The maximum Gasteiger partial charge on any atom is 0.460 e. The van der Waals surface area contributed by atoms with Crippen molar-refractivity contribution in [2.75, 3.05) is 6.61 Å². The SMILES string of the molecule is O=C(OCCC(F)(F)C(F)(F)C(F)(F)C(F)(F)C(F)(F)C(F)(F)C(F)(F)C(F)(F)F)C(=O)[C@H](O)[C@H](O)[C@@H](O)C(O)CCC(F)(F)C(F)(F)C(F)(F)C(F)(F)C(F)(F)C(F)(F)C(F)(F)C(F)(F)F. The van der Waals surface area contributed by atoms with Crippen molar-refractivity contribution in [2.45, 2.75) is 139 Å². The summed E-state index contributed by atoms with van der Waals surface area (Å²) < 4.78 is 457. The number of ether oxygens (including phenoxy) is 1. The Morgan fingerprint density at radius 1 is 0.343 bits per heavy atom. The highest BCUT2D eigenvalue weighted by Gasteiger charge is 2.97. The smallest absolute Gasteiger partial charge is 0.460 e. The van der Waals surface area contributed by atoms with Crippen LogP contribution >= 0.6 is 0 Å². The van der Waals surface area contributed by atoms with Crippen molar-refractivity contribution in [3.05, 3.63) is 0 Å². The largest absolute Gasteiger partial charge is 0.460 e. The Morgan fingerprint density at radius 3 is 0.851 bits per heavy atom. The number of hydrogen-bond donors (Lipinski definition) is 4. The van der Waals surface area contributed by atoms with Crippen LogP contribution in [0.3, 0.4) is 0 Å². The van der Waals surface area contributed by atoms with Gasteiger partial charge in [0, 0.05) is 6.42 Å². The summed E-state index contributed by atoms with van der Waals surface area (Å²) in [5.41, 5.74) is 0. The Balaban J connectivity index is 6.19. The summed E-state index contributed by atoms with van der Waals surface area (Å²) in [6.07, 6.45) is -41.4. The molecular formula is C26H16F34O7. The molecule has 0 aromatic carbocycles. The molecule has 0 saturated heterocycles. The number of rotatable bonds is 23. The predicted octanol–water partition coefficient (Wildman–Crippen LogP) is 8.73. The third-order valence-corrected chi connectivity index (χ3v) is 8.51. The van der Waals surface area contributed by atoms with Crippen molar-refractivity contribution >= 4 is 11.8 Å². The van der Waals surface area contributed by atoms with E-state index in [0.29, 0.717) is 0 Å². The van der Waals surface area contributed by atoms with Crippen molar-refractivity contribution in [1.29, 1.82) is 0 Å². The average Bonchev–Trinajstić information content (AvgIpc) is 3.13. The zero-order chi connectivity index (χ0) is 55.0. The minimum absolute atomic E-state index is 2.76. The van der Waals surface area contributed by atoms with E-state index in [4.69, 9.17) is 0 Å². The molecule has 0 bridgehead atoms. The van der Waals surface area contributed by atoms with Gasteiger partial charge >= 0.3 is 101 Å². The molecule has 4 N–H and O–H groups in total. The molecule has 67 heavy (non-hydrogen) atoms. The number of alkyl halides is 34. The van der Waals surface area contributed by atoms with Crippen molar-refractivity contribution in [2.24, 2.45) is 0 Å². The lowest BCUT2D eigenvalue weighted by Gasteiger charge is -2.43. The minimum Gasteiger partial charge on any atom is -0.460 e. The number of halogens is 34. The molecule has 0 aromatic heterocycles. The summed E-state index contributed by atoms with van der Waals surface area (Å²) in [6, 6.07) is 0. The van der Waals surface area contributed by atoms with Gasteiger partial charge in [0.15, 0.2) is 6.10 Å². The molecule has 0 amide bonds. The van der Waals surface area contributed by atoms with Crippen LogP contribution in [0.15, 0.2) is 0 Å². The molecule has 0 spiro atoms. The molecule has 0 rings (SSSR count). The molecule has 0 radical (unpaired) electrons. The van der Waals surface area contributed by atoms with Gasteiger partial charge in [0.1, 0.15) is 12.2 Å². The van der Waals surface area contributed by atoms with E-state index in [-0.39, 0.29) is 0 Å². The van der Waals surface area contributed by atoms with Crippen molar-refractivity contribution in [1.82, 2.24) is 0 Å². The molecule has 41 heteroatoms. The van der Waals surface area contributed by atoms with Crippen LogP contribution in [0.5, 0.6) is 0 Å². The minimum atomic E-state index is -9.07. The fourth-order valence-electron chi connectivity index (χ4n) is 4.24. The summed E-state index contributed by atoms with van der Waals surface area (Å²) in [6.45, 7) is -2.93. The van der Waals surface area contributed by atoms with Crippen LogP contribution < -0.4 is 0 Å². The van der Waals surface area contributed by atoms with Gasteiger partial charge in [-0.15, -0.1) is 0 Å². The Labute approximate surface area is 342 Å². The highest BCUT2D eigenvalue weighted by Crippen LogP contribution is 2.66. The third-order valence-electron chi connectivity index (χ3n) is 8.51. The van der Waals surface area contributed by atoms with E-state index in [0.717, 1.165) is 0 Å². The van der Waals surface area contributed by atoms with E-state index >= 15 is 0 Å². The summed E-state index contributed by atoms with van der Waals surface area (Å²) in [5.74, 6) is -126. The summed E-state index contributed by atoms with van der Waals surface area (Å²) in [5, 5.41) is 38.3. The lowest BCUT2D eigenvalue weighted by molar-refractivity contribution is -0.461. The van der Waals surface area contributed by atoms with Crippen LogP contribution in [0.2, 0.25) is 0 Å². The van der Waals surface area contributed by atoms with Crippen LogP contribution in [-0.2, 0) is 14.3 Å². The number of hydrogen-bond acceptors (Lipinski definition) is 7. The zero-order valence-electron chi connectivity index (χ0n) is 30.0. The molecule has 0 saturated carbocycles. The molecule has 0 aliphatic carbocycles. The number of aliphatic hydroxyl groups excluding tert-OH is 4. The van der Waals surface area contributed by atoms with E-state index in [1.165, 1.54) is 0 Å². The molecule has 400 valence electrons. The van der Waals surface area contributed by atoms with Crippen molar-refractivity contribution < 1.29 is 184 Å². The quantitative estimate of drug-likeness (QED) is 0.0459. The second kappa shape index (κ2) is 17.8. The number of carbonyl (C=O) groups is 2. The van der Waals surface area contributed by atoms with Gasteiger partial charge in [0.2, 0.25) is 0 Å². The maximum atomic E-state index is 14.1. The van der Waals surface area contributed by atoms with Crippen LogP contribution in [0, 0.1) is 0 Å². The van der Waals surface area contributed by atoms with E-state index in [2.05, 4.69) is 4.74 Å². The second-order valence-electron chi connectivity index (χ2n) is 13.1. The molecule has 0 aliphatic heterocycles. The van der Waals surface area contributed by atoms with Crippen molar-refractivity contribution in [3.8, 4) is 0 Å². The van der Waals surface area contributed by atoms with Gasteiger partial charge in [-0.2, -0.15) is 149 Å². The van der Waals surface area contributed by atoms with Gasteiger partial charge in [0.05, 0.1) is 19.1 Å². The predicted molar refractivity (Wildman–Crippen MR) is 135 cm³/mol. The summed E-state index contributed by atoms with van der Waals surface area (Å²) >= 11 is 0. The highest BCUT2D eigenvalue weighted by atomic mass is 19.4. The molecular weight excluding hydrogens is 1070 g/mol. The Morgan fingerprint density at radius 2 is 0.582 bits per heavy atom. The van der Waals surface area contributed by atoms with Crippen molar-refractivity contribution in [3.63, 3.8) is 0 Å². The molecule has 1 unspecified atom stereocenters. The first kappa shape index (κ1) is 63.6. The van der Waals surface area contributed by atoms with Gasteiger partial charge in [-0.1, -0.05) is 0 Å². The van der Waals surface area contributed by atoms with E-state index in [1.54, 1.807) is 0 Å². The Bertz CT molecular complexity index is 1750. The zero-order valence-corrected chi connectivity index (χ0v) is 30.0. The third kappa shape index (κ3) is 9.50. The molecule has 0 fully saturated rings. The number of aliphatic hydroxyl groups is 4. The van der Waals surface area contributed by atoms with E-state index < -0.39 is 157 Å². The molecule has 7 nitrogen and oxygen atoms in total. The second-order valence-corrected chi connectivity index (χ2v) is 13.1. The van der Waals surface area contributed by atoms with Gasteiger partial charge in [-0.25, -0.2) is 4.79 Å². The molecule has 4 atom stereocenters. The van der Waals surface area contributed by atoms with Gasteiger partial charge in [-0.05, 0) is 6.42 Å². The number of carbonyl (C=O) groups excluding carboxylic acids is 2. The fourth-order valence-corrected chi connectivity index (χ4v) is 4.24. The molecule has 0 aromatic rings. The van der Waals surface area contributed by atoms with Gasteiger partial charge in [-0.3, -0.25) is 4.79 Å². The maximum absolute atomic E-state index is 14.1. The van der Waals surface area contributed by atoms with Crippen LogP contribution in [0.25, 0.3) is 0 Å². The number of esters is 1. The first-order chi connectivity index (χ1) is 28.7. The topological polar surface area (TPSA) is 124 Å². The van der Waals surface area contributed by atoms with E-state index in [9.17, 15) is 179 Å². The monoisotopic (exact) mass is 1090 g/mol. The Kier molecular flexibility index (Phi) is 16.9. The van der Waals surface area contributed by atoms with Gasteiger partial charge in [0.25, 0.3) is 5.78 Å². The van der Waals surface area contributed by atoms with Crippen LogP contribution in [-0.4, -0.2) is 158 Å². The van der Waals surface area contributed by atoms with Crippen LogP contribution in [0.4, 0.5) is 149 Å². The number of Topliss-reactive ketones (excluding diaryl/α,β-unsaturated/α-hetero) is 1. The summed E-state index contributed by atoms with van der Waals surface area (Å²) in [4.78, 5) is 23.4. The first-order valence-electron chi connectivity index (χ1n) is 15.5. The summed E-state index contributed by atoms with van der Waals surface area (Å²) in [7, 11) is 0. The number of ketones is 1. The standard InChI is InChI=1S/C26H16F34O7/c27-11(28,13(31,32)15(35,36)17(39,40)19(43,44)21(47,48)23(51,52)25(55,56)57)2-1-5(61)6(62)7(63)8(64)9(65)10(66)67-4-3-12(29,30)14(33,34)16(37,38)18(41,42)20(45,46)22(49,50)24(53,54)26(58,59)60/h5-8,61-64H,1-4H2/t5?,6-,7+,8+/m0/s1. The normalized spacial score (nSPS) is 17.8. The lowest BCUT2D eigenvalue weighted by Crippen LogP contribution is -2.74. The average molecular weight is 1090 g/mol. The first-order valence-corrected chi connectivity index (χ1v) is 15.5.